The molecule has 0 radical (unpaired) electrons. The van der Waals surface area contributed by atoms with Crippen LogP contribution in [-0.2, 0) is 47.9 Å². The maximum Gasteiger partial charge on any atom is 0.229 e. The smallest absolute Gasteiger partial charge is 0.229 e. The van der Waals surface area contributed by atoms with Gasteiger partial charge in [0.1, 0.15) is 0 Å². The summed E-state index contributed by atoms with van der Waals surface area (Å²) >= 11 is 0. The summed E-state index contributed by atoms with van der Waals surface area (Å²) < 4.78 is 21.4. The van der Waals surface area contributed by atoms with Gasteiger partial charge in [-0.25, -0.2) is 0 Å². The number of rotatable bonds is 16. The second-order valence-electron chi connectivity index (χ2n) is 8.76. The topological polar surface area (TPSA) is 86.3 Å². The minimum atomic E-state index is -0.130. The predicted molar refractivity (Wildman–Crippen MR) is 143 cm³/mol. The van der Waals surface area contributed by atoms with Crippen LogP contribution in [0.2, 0.25) is 0 Å². The van der Waals surface area contributed by atoms with Crippen LogP contribution >= 0.6 is 0 Å². The van der Waals surface area contributed by atoms with Crippen molar-refractivity contribution in [3.8, 4) is 0 Å². The van der Waals surface area contributed by atoms with Crippen LogP contribution in [0, 0.1) is 0 Å². The van der Waals surface area contributed by atoms with E-state index in [-0.39, 0.29) is 24.7 Å². The average molecular weight is 513 g/mol. The van der Waals surface area contributed by atoms with Gasteiger partial charge in [0.05, 0.1) is 52.8 Å². The maximum atomic E-state index is 13.2. The van der Waals surface area contributed by atoms with Crippen molar-refractivity contribution >= 4 is 17.5 Å². The summed E-state index contributed by atoms with van der Waals surface area (Å²) in [6.07, 6.45) is 2.34. The standard InChI is InChI=1S/C29H40N2O6/c1-2-34-17-18-36-21-22-37-20-19-35-16-14-28(32)30-15-13-29(33)31-23-26-9-4-3-7-24(26)11-12-25-8-5-6-10-27(25)31/h3-10H,2,11-23H2,1H3,(H,30,32). The first-order chi connectivity index (χ1) is 18.2. The van der Waals surface area contributed by atoms with E-state index in [1.165, 1.54) is 16.7 Å². The van der Waals surface area contributed by atoms with Crippen LogP contribution in [-0.4, -0.2) is 71.2 Å². The van der Waals surface area contributed by atoms with E-state index >= 15 is 0 Å². The molecular formula is C29H40N2O6. The molecule has 37 heavy (non-hydrogen) atoms. The Morgan fingerprint density at radius 2 is 1.30 bits per heavy atom. The Bertz CT molecular complexity index is 967. The number of hydrogen-bond acceptors (Lipinski definition) is 6. The molecule has 0 atom stereocenters. The molecular weight excluding hydrogens is 472 g/mol. The molecule has 202 valence electrons. The summed E-state index contributed by atoms with van der Waals surface area (Å²) in [6.45, 7) is 6.82. The van der Waals surface area contributed by atoms with Gasteiger partial charge in [-0.3, -0.25) is 9.59 Å². The third-order valence-electron chi connectivity index (χ3n) is 6.15. The molecule has 0 fully saturated rings. The van der Waals surface area contributed by atoms with Crippen molar-refractivity contribution in [2.24, 2.45) is 0 Å². The Morgan fingerprint density at radius 3 is 2.00 bits per heavy atom. The number of para-hydroxylation sites is 1. The number of amides is 2. The fourth-order valence-corrected chi connectivity index (χ4v) is 4.19. The number of carbonyl (C=O) groups excluding carboxylic acids is 2. The average Bonchev–Trinajstić information content (AvgIpc) is 2.90. The molecule has 1 heterocycles. The van der Waals surface area contributed by atoms with Crippen molar-refractivity contribution in [1.29, 1.82) is 0 Å². The number of nitrogens with one attached hydrogen (secondary N) is 1. The first-order valence-corrected chi connectivity index (χ1v) is 13.2. The summed E-state index contributed by atoms with van der Waals surface area (Å²) in [4.78, 5) is 27.2. The van der Waals surface area contributed by atoms with Gasteiger partial charge in [0.2, 0.25) is 11.8 Å². The highest BCUT2D eigenvalue weighted by Gasteiger charge is 2.22. The third-order valence-corrected chi connectivity index (χ3v) is 6.15. The molecule has 8 heteroatoms. The zero-order valence-electron chi connectivity index (χ0n) is 21.9. The summed E-state index contributed by atoms with van der Waals surface area (Å²) in [6, 6.07) is 16.4. The van der Waals surface area contributed by atoms with Crippen LogP contribution in [0.3, 0.4) is 0 Å². The molecule has 1 N–H and O–H groups in total. The fraction of sp³-hybridized carbons (Fsp3) is 0.517. The van der Waals surface area contributed by atoms with Gasteiger partial charge in [0, 0.05) is 31.7 Å². The number of anilines is 1. The SMILES string of the molecule is CCOCCOCCOCCOCCC(=O)NCCC(=O)N1Cc2ccccc2CCc2ccccc21. The molecule has 2 aromatic rings. The second-order valence-corrected chi connectivity index (χ2v) is 8.76. The lowest BCUT2D eigenvalue weighted by atomic mass is 9.95. The van der Waals surface area contributed by atoms with Gasteiger partial charge < -0.3 is 29.2 Å². The van der Waals surface area contributed by atoms with E-state index in [9.17, 15) is 9.59 Å². The maximum absolute atomic E-state index is 13.2. The van der Waals surface area contributed by atoms with E-state index < -0.39 is 0 Å². The Balaban J connectivity index is 1.31. The zero-order chi connectivity index (χ0) is 26.1. The number of ether oxygens (including phenoxy) is 4. The number of nitrogens with zero attached hydrogens (tertiary/aromatic N) is 1. The van der Waals surface area contributed by atoms with E-state index in [1.54, 1.807) is 0 Å². The lowest BCUT2D eigenvalue weighted by molar-refractivity contribution is -0.122. The van der Waals surface area contributed by atoms with Crippen molar-refractivity contribution in [1.82, 2.24) is 5.32 Å². The molecule has 3 rings (SSSR count). The number of benzene rings is 2. The highest BCUT2D eigenvalue weighted by Crippen LogP contribution is 2.28. The van der Waals surface area contributed by atoms with Gasteiger partial charge in [0.15, 0.2) is 0 Å². The molecule has 0 spiro atoms. The van der Waals surface area contributed by atoms with Gasteiger partial charge in [-0.15, -0.1) is 0 Å². The van der Waals surface area contributed by atoms with E-state index in [1.807, 2.05) is 42.2 Å². The molecule has 2 aromatic carbocycles. The van der Waals surface area contributed by atoms with Crippen LogP contribution in [0.5, 0.6) is 0 Å². The van der Waals surface area contributed by atoms with Gasteiger partial charge in [0.25, 0.3) is 0 Å². The van der Waals surface area contributed by atoms with Crippen molar-refractivity contribution in [2.75, 3.05) is 64.3 Å². The zero-order valence-corrected chi connectivity index (χ0v) is 21.9. The molecule has 2 amide bonds. The summed E-state index contributed by atoms with van der Waals surface area (Å²) in [5.41, 5.74) is 4.58. The van der Waals surface area contributed by atoms with E-state index in [0.29, 0.717) is 65.9 Å². The second kappa shape index (κ2) is 16.9. The van der Waals surface area contributed by atoms with E-state index in [4.69, 9.17) is 18.9 Å². The van der Waals surface area contributed by atoms with Crippen LogP contribution in [0.4, 0.5) is 5.69 Å². The molecule has 1 aliphatic rings. The van der Waals surface area contributed by atoms with Crippen molar-refractivity contribution in [2.45, 2.75) is 39.2 Å². The highest BCUT2D eigenvalue weighted by atomic mass is 16.6. The van der Waals surface area contributed by atoms with Crippen molar-refractivity contribution in [3.63, 3.8) is 0 Å². The number of aryl methyl sites for hydroxylation is 2. The minimum Gasteiger partial charge on any atom is -0.379 e. The lowest BCUT2D eigenvalue weighted by Crippen LogP contribution is -2.35. The first kappa shape index (κ1) is 28.8. The van der Waals surface area contributed by atoms with E-state index in [0.717, 1.165) is 18.5 Å². The predicted octanol–water partition coefficient (Wildman–Crippen LogP) is 3.30. The molecule has 1 aliphatic heterocycles. The molecule has 0 bridgehead atoms. The molecule has 0 saturated carbocycles. The third kappa shape index (κ3) is 10.2. The number of carbonyl (C=O) groups is 2. The van der Waals surface area contributed by atoms with Crippen LogP contribution in [0.1, 0.15) is 36.5 Å². The van der Waals surface area contributed by atoms with Crippen LogP contribution in [0.25, 0.3) is 0 Å². The van der Waals surface area contributed by atoms with Crippen LogP contribution < -0.4 is 10.2 Å². The largest absolute Gasteiger partial charge is 0.379 e. The summed E-state index contributed by atoms with van der Waals surface area (Å²) in [7, 11) is 0. The Labute approximate surface area is 220 Å². The van der Waals surface area contributed by atoms with Gasteiger partial charge >= 0.3 is 0 Å². The summed E-state index contributed by atoms with van der Waals surface area (Å²) in [5.74, 6) is -0.130. The minimum absolute atomic E-state index is 0.000258. The fourth-order valence-electron chi connectivity index (χ4n) is 4.19. The van der Waals surface area contributed by atoms with Gasteiger partial charge in [-0.05, 0) is 42.5 Å². The quantitative estimate of drug-likeness (QED) is 0.348. The normalized spacial score (nSPS) is 12.8. The van der Waals surface area contributed by atoms with E-state index in [2.05, 4.69) is 23.5 Å². The Hall–Kier alpha value is -2.78. The Morgan fingerprint density at radius 1 is 0.730 bits per heavy atom. The van der Waals surface area contributed by atoms with Crippen molar-refractivity contribution in [3.05, 3.63) is 65.2 Å². The highest BCUT2D eigenvalue weighted by molar-refractivity contribution is 5.94. The van der Waals surface area contributed by atoms with Crippen molar-refractivity contribution < 1.29 is 28.5 Å². The number of hydrogen-bond donors (Lipinski definition) is 1. The number of fused-ring (bicyclic) bond motifs is 2. The molecule has 8 nitrogen and oxygen atoms in total. The molecule has 0 saturated heterocycles. The van der Waals surface area contributed by atoms with Gasteiger partial charge in [-0.1, -0.05) is 42.5 Å². The van der Waals surface area contributed by atoms with Crippen LogP contribution in [0.15, 0.2) is 48.5 Å². The molecule has 0 aromatic heterocycles. The first-order valence-electron chi connectivity index (χ1n) is 13.2. The summed E-state index contributed by atoms with van der Waals surface area (Å²) in [5, 5.41) is 2.84. The van der Waals surface area contributed by atoms with Gasteiger partial charge in [-0.2, -0.15) is 0 Å². The monoisotopic (exact) mass is 512 g/mol. The lowest BCUT2D eigenvalue weighted by Gasteiger charge is -2.29. The molecule has 0 unspecified atom stereocenters. The molecule has 0 aliphatic carbocycles. The Kier molecular flexibility index (Phi) is 13.1.